The van der Waals surface area contributed by atoms with Crippen LogP contribution in [0.3, 0.4) is 0 Å². The first-order valence-electron chi connectivity index (χ1n) is 19.0. The fourth-order valence-electron chi connectivity index (χ4n) is 8.82. The summed E-state index contributed by atoms with van der Waals surface area (Å²) in [6.45, 7) is 0. The van der Waals surface area contributed by atoms with Crippen molar-refractivity contribution in [3.05, 3.63) is 188 Å². The number of benzene rings is 8. The molecule has 0 aliphatic carbocycles. The predicted octanol–water partition coefficient (Wildman–Crippen LogP) is 12.8. The summed E-state index contributed by atoms with van der Waals surface area (Å²) in [6, 6.07) is 66.6. The molecule has 4 heterocycles. The smallest absolute Gasteiger partial charge is 0.238 e. The zero-order valence-corrected chi connectivity index (χ0v) is 30.1. The number of rotatable bonds is 5. The Labute approximate surface area is 321 Å². The third-order valence-electron chi connectivity index (χ3n) is 11.3. The highest BCUT2D eigenvalue weighted by molar-refractivity contribution is 6.33. The maximum absolute atomic E-state index is 5.33. The highest BCUT2D eigenvalue weighted by atomic mass is 15.2. The second-order valence-corrected chi connectivity index (χ2v) is 14.4. The molecule has 12 aromatic rings. The summed E-state index contributed by atoms with van der Waals surface area (Å²) in [6.07, 6.45) is 0. The minimum atomic E-state index is 0.583. The fraction of sp³-hybridized carbons (Fsp3) is 0. The molecule has 5 heteroatoms. The lowest BCUT2D eigenvalue weighted by molar-refractivity contribution is 0.954. The second kappa shape index (κ2) is 11.9. The van der Waals surface area contributed by atoms with Gasteiger partial charge in [-0.05, 0) is 58.0 Å². The highest BCUT2D eigenvalue weighted by Crippen LogP contribution is 2.45. The number of fused-ring (bicyclic) bond motifs is 6. The molecular formula is C51H31N5. The van der Waals surface area contributed by atoms with Crippen LogP contribution in [-0.4, -0.2) is 23.9 Å². The van der Waals surface area contributed by atoms with Crippen molar-refractivity contribution in [2.75, 3.05) is 0 Å². The van der Waals surface area contributed by atoms with Crippen molar-refractivity contribution in [3.8, 4) is 51.0 Å². The van der Waals surface area contributed by atoms with Crippen LogP contribution in [-0.2, 0) is 0 Å². The Morgan fingerprint density at radius 1 is 0.304 bits per heavy atom. The van der Waals surface area contributed by atoms with Gasteiger partial charge in [-0.2, -0.15) is 9.97 Å². The third kappa shape index (κ3) is 4.52. The van der Waals surface area contributed by atoms with Crippen LogP contribution in [0.15, 0.2) is 188 Å². The lowest BCUT2D eigenvalue weighted by Gasteiger charge is -2.12. The lowest BCUT2D eigenvalue weighted by Crippen LogP contribution is -2.06. The Morgan fingerprint density at radius 2 is 0.804 bits per heavy atom. The van der Waals surface area contributed by atoms with E-state index in [-0.39, 0.29) is 0 Å². The van der Waals surface area contributed by atoms with Gasteiger partial charge in [0.1, 0.15) is 0 Å². The average molecular weight is 714 g/mol. The van der Waals surface area contributed by atoms with Crippen molar-refractivity contribution >= 4 is 59.9 Å². The maximum atomic E-state index is 5.33. The summed E-state index contributed by atoms with van der Waals surface area (Å²) in [5, 5.41) is 7.27. The molecule has 0 spiro atoms. The van der Waals surface area contributed by atoms with Crippen LogP contribution < -0.4 is 0 Å². The summed E-state index contributed by atoms with van der Waals surface area (Å²) < 4.78 is 4.70. The number of aromatic nitrogens is 5. The molecule has 4 aromatic heterocycles. The Balaban J connectivity index is 1.12. The molecule has 0 unspecified atom stereocenters. The Kier molecular flexibility index (Phi) is 6.56. The van der Waals surface area contributed by atoms with Crippen molar-refractivity contribution in [2.45, 2.75) is 0 Å². The first kappa shape index (κ1) is 30.8. The van der Waals surface area contributed by atoms with E-state index in [4.69, 9.17) is 15.0 Å². The molecule has 0 aliphatic heterocycles. The van der Waals surface area contributed by atoms with Crippen LogP contribution in [0.1, 0.15) is 0 Å². The van der Waals surface area contributed by atoms with E-state index in [0.717, 1.165) is 33.3 Å². The number of nitrogens with zero attached hydrogens (tertiary/aromatic N) is 5. The van der Waals surface area contributed by atoms with Crippen LogP contribution in [0.4, 0.5) is 0 Å². The first-order chi connectivity index (χ1) is 27.8. The van der Waals surface area contributed by atoms with E-state index in [9.17, 15) is 0 Å². The topological polar surface area (TPSA) is 48.0 Å². The van der Waals surface area contributed by atoms with Gasteiger partial charge in [0.05, 0.1) is 27.6 Å². The normalized spacial score (nSPS) is 11.9. The van der Waals surface area contributed by atoms with Crippen molar-refractivity contribution in [1.29, 1.82) is 0 Å². The Morgan fingerprint density at radius 3 is 1.54 bits per heavy atom. The summed E-state index contributed by atoms with van der Waals surface area (Å²) in [5.74, 6) is 1.83. The van der Waals surface area contributed by atoms with Gasteiger partial charge in [0.2, 0.25) is 5.95 Å². The molecule has 0 fully saturated rings. The zero-order valence-electron chi connectivity index (χ0n) is 30.1. The van der Waals surface area contributed by atoms with E-state index >= 15 is 0 Å². The van der Waals surface area contributed by atoms with Crippen molar-refractivity contribution < 1.29 is 0 Å². The van der Waals surface area contributed by atoms with Gasteiger partial charge in [-0.3, -0.25) is 4.57 Å². The van der Waals surface area contributed by atoms with Gasteiger partial charge in [-0.15, -0.1) is 0 Å². The van der Waals surface area contributed by atoms with E-state index < -0.39 is 0 Å². The molecule has 0 amide bonds. The van der Waals surface area contributed by atoms with E-state index in [0.29, 0.717) is 17.6 Å². The highest BCUT2D eigenvalue weighted by Gasteiger charge is 2.24. The van der Waals surface area contributed by atoms with Crippen LogP contribution in [0.5, 0.6) is 0 Å². The van der Waals surface area contributed by atoms with Crippen molar-refractivity contribution in [2.24, 2.45) is 0 Å². The largest absolute Gasteiger partial charge is 0.308 e. The van der Waals surface area contributed by atoms with Gasteiger partial charge in [0.25, 0.3) is 0 Å². The quantitative estimate of drug-likeness (QED) is 0.178. The molecule has 56 heavy (non-hydrogen) atoms. The van der Waals surface area contributed by atoms with Gasteiger partial charge >= 0.3 is 0 Å². The zero-order chi connectivity index (χ0) is 36.7. The number of para-hydroxylation sites is 2. The Bertz CT molecular complexity index is 3450. The summed E-state index contributed by atoms with van der Waals surface area (Å²) in [5.41, 5.74) is 12.2. The molecule has 260 valence electrons. The van der Waals surface area contributed by atoms with Crippen LogP contribution in [0, 0.1) is 0 Å². The molecular weight excluding hydrogens is 683 g/mol. The molecule has 0 radical (unpaired) electrons. The standard InChI is InChI=1S/C51H31N5/c1-3-13-32(14-4-1)33-25-27-34(28-26-33)36-17-11-18-37(31-36)50-52-49(35-15-5-2-6-16-35)53-51(54-50)56-44-24-12-21-40-38-19-7-9-22-42(38)55-43-23-10-8-20-39(43)41-29-30-45(56)47(46(40)44)48(41)55/h1-31H. The molecule has 0 bridgehead atoms. The SMILES string of the molecule is c1ccc(-c2ccc(-c3cccc(-c4nc(-c5ccccc5)nc(-n5c6cccc7c8ccccc8n8c9ccccc9c9ccc5c(c76)c98)n4)c3)cc2)cc1. The van der Waals surface area contributed by atoms with E-state index in [1.165, 1.54) is 60.0 Å². The van der Waals surface area contributed by atoms with Gasteiger partial charge < -0.3 is 4.40 Å². The van der Waals surface area contributed by atoms with E-state index in [1.54, 1.807) is 0 Å². The minimum Gasteiger partial charge on any atom is -0.308 e. The van der Waals surface area contributed by atoms with Gasteiger partial charge in [-0.25, -0.2) is 4.98 Å². The molecule has 5 nitrogen and oxygen atoms in total. The van der Waals surface area contributed by atoms with Crippen molar-refractivity contribution in [3.63, 3.8) is 0 Å². The van der Waals surface area contributed by atoms with E-state index in [2.05, 4.69) is 173 Å². The summed E-state index contributed by atoms with van der Waals surface area (Å²) >= 11 is 0. The number of hydrogen-bond donors (Lipinski definition) is 0. The van der Waals surface area contributed by atoms with Gasteiger partial charge in [0, 0.05) is 38.1 Å². The molecule has 0 aliphatic rings. The second-order valence-electron chi connectivity index (χ2n) is 14.4. The number of hydrogen-bond acceptors (Lipinski definition) is 3. The average Bonchev–Trinajstić information content (AvgIpc) is 3.75. The van der Waals surface area contributed by atoms with Gasteiger partial charge in [-0.1, -0.05) is 158 Å². The first-order valence-corrected chi connectivity index (χ1v) is 19.0. The molecule has 0 saturated carbocycles. The lowest BCUT2D eigenvalue weighted by atomic mass is 9.99. The molecule has 0 saturated heterocycles. The molecule has 0 atom stereocenters. The summed E-state index contributed by atoms with van der Waals surface area (Å²) in [4.78, 5) is 15.7. The van der Waals surface area contributed by atoms with Crippen LogP contribution in [0.2, 0.25) is 0 Å². The monoisotopic (exact) mass is 713 g/mol. The van der Waals surface area contributed by atoms with E-state index in [1.807, 2.05) is 24.3 Å². The molecule has 0 N–H and O–H groups in total. The molecule has 8 aromatic carbocycles. The Hall–Kier alpha value is -7.63. The summed E-state index contributed by atoms with van der Waals surface area (Å²) in [7, 11) is 0. The van der Waals surface area contributed by atoms with Crippen LogP contribution >= 0.6 is 0 Å². The minimum absolute atomic E-state index is 0.583. The third-order valence-corrected chi connectivity index (χ3v) is 11.3. The predicted molar refractivity (Wildman–Crippen MR) is 231 cm³/mol. The van der Waals surface area contributed by atoms with Crippen LogP contribution in [0.25, 0.3) is 111 Å². The molecule has 12 rings (SSSR count). The van der Waals surface area contributed by atoms with Crippen molar-refractivity contribution in [1.82, 2.24) is 23.9 Å². The maximum Gasteiger partial charge on any atom is 0.238 e. The fourth-order valence-corrected chi connectivity index (χ4v) is 8.82. The van der Waals surface area contributed by atoms with Gasteiger partial charge in [0.15, 0.2) is 11.6 Å².